The van der Waals surface area contributed by atoms with Crippen LogP contribution in [-0.2, 0) is 11.3 Å². The molecular formula is C20H25N7O2. The number of rotatable bonds is 7. The molecule has 1 fully saturated rings. The summed E-state index contributed by atoms with van der Waals surface area (Å²) in [5.41, 5.74) is 0.790. The second-order valence-corrected chi connectivity index (χ2v) is 7.25. The first-order valence-electron chi connectivity index (χ1n) is 9.96. The van der Waals surface area contributed by atoms with Crippen molar-refractivity contribution in [2.45, 2.75) is 32.7 Å². The first-order valence-corrected chi connectivity index (χ1v) is 9.96. The van der Waals surface area contributed by atoms with Gasteiger partial charge in [0.05, 0.1) is 11.5 Å². The first-order chi connectivity index (χ1) is 14.2. The quantitative estimate of drug-likeness (QED) is 0.611. The van der Waals surface area contributed by atoms with Gasteiger partial charge in [0.15, 0.2) is 5.82 Å². The van der Waals surface area contributed by atoms with Gasteiger partial charge in [-0.1, -0.05) is 5.16 Å². The van der Waals surface area contributed by atoms with E-state index in [1.54, 1.807) is 19.3 Å². The summed E-state index contributed by atoms with van der Waals surface area (Å²) >= 11 is 0. The Morgan fingerprint density at radius 2 is 2.31 bits per heavy atom. The summed E-state index contributed by atoms with van der Waals surface area (Å²) in [6.07, 6.45) is 8.17. The van der Waals surface area contributed by atoms with Gasteiger partial charge < -0.3 is 14.7 Å². The number of nitrogens with one attached hydrogen (secondary N) is 1. The second-order valence-electron chi connectivity index (χ2n) is 7.25. The van der Waals surface area contributed by atoms with Gasteiger partial charge in [0.1, 0.15) is 5.82 Å². The Bertz CT molecular complexity index is 921. The Labute approximate surface area is 169 Å². The third-order valence-corrected chi connectivity index (χ3v) is 5.06. The number of aromatic nitrogens is 5. The number of hydrogen-bond acceptors (Lipinski definition) is 7. The van der Waals surface area contributed by atoms with Crippen molar-refractivity contribution in [2.24, 2.45) is 5.92 Å². The van der Waals surface area contributed by atoms with Crippen LogP contribution in [0.2, 0.25) is 0 Å². The Morgan fingerprint density at radius 3 is 3.03 bits per heavy atom. The Morgan fingerprint density at radius 1 is 1.38 bits per heavy atom. The summed E-state index contributed by atoms with van der Waals surface area (Å²) < 4.78 is 7.06. The third kappa shape index (κ3) is 4.79. The summed E-state index contributed by atoms with van der Waals surface area (Å²) in [4.78, 5) is 23.5. The van der Waals surface area contributed by atoms with Gasteiger partial charge in [-0.3, -0.25) is 9.48 Å². The topological polar surface area (TPSA) is 102 Å². The van der Waals surface area contributed by atoms with E-state index in [-0.39, 0.29) is 11.8 Å². The van der Waals surface area contributed by atoms with E-state index in [0.29, 0.717) is 24.8 Å². The van der Waals surface area contributed by atoms with Crippen LogP contribution >= 0.6 is 0 Å². The minimum Gasteiger partial charge on any atom is -0.356 e. The van der Waals surface area contributed by atoms with E-state index in [1.807, 2.05) is 29.1 Å². The van der Waals surface area contributed by atoms with Crippen LogP contribution in [0, 0.1) is 12.8 Å². The van der Waals surface area contributed by atoms with E-state index in [1.165, 1.54) is 0 Å². The molecule has 0 radical (unpaired) electrons. The van der Waals surface area contributed by atoms with Crippen LogP contribution in [-0.4, -0.2) is 50.4 Å². The number of nitrogens with zero attached hydrogens (tertiary/aromatic N) is 6. The zero-order valence-electron chi connectivity index (χ0n) is 16.5. The SMILES string of the molecule is Cc1noc(-c2ccc(N3CCC[C@@H](C(=O)NCCCn4cccn4)C3)nc2)n1. The van der Waals surface area contributed by atoms with Crippen molar-refractivity contribution in [3.8, 4) is 11.5 Å². The molecule has 0 saturated carbocycles. The molecule has 3 aromatic heterocycles. The smallest absolute Gasteiger partial charge is 0.259 e. The fraction of sp³-hybridized carbons (Fsp3) is 0.450. The predicted octanol–water partition coefficient (Wildman–Crippen LogP) is 2.06. The van der Waals surface area contributed by atoms with Crippen LogP contribution < -0.4 is 10.2 Å². The van der Waals surface area contributed by atoms with E-state index in [2.05, 4.69) is 30.4 Å². The van der Waals surface area contributed by atoms with Crippen molar-refractivity contribution in [2.75, 3.05) is 24.5 Å². The molecule has 4 rings (SSSR count). The van der Waals surface area contributed by atoms with E-state index >= 15 is 0 Å². The average Bonchev–Trinajstić information content (AvgIpc) is 3.43. The highest BCUT2D eigenvalue weighted by Crippen LogP contribution is 2.24. The number of pyridine rings is 1. The largest absolute Gasteiger partial charge is 0.356 e. The molecule has 3 aromatic rings. The molecule has 1 N–H and O–H groups in total. The number of hydrogen-bond donors (Lipinski definition) is 1. The lowest BCUT2D eigenvalue weighted by Gasteiger charge is -2.32. The van der Waals surface area contributed by atoms with Gasteiger partial charge in [-0.2, -0.15) is 10.1 Å². The molecular weight excluding hydrogens is 370 g/mol. The molecule has 1 aliphatic heterocycles. The van der Waals surface area contributed by atoms with Crippen molar-refractivity contribution in [1.29, 1.82) is 0 Å². The maximum absolute atomic E-state index is 12.6. The molecule has 0 aliphatic carbocycles. The number of amides is 1. The lowest BCUT2D eigenvalue weighted by molar-refractivity contribution is -0.125. The van der Waals surface area contributed by atoms with Crippen molar-refractivity contribution < 1.29 is 9.32 Å². The zero-order valence-corrected chi connectivity index (χ0v) is 16.5. The van der Waals surface area contributed by atoms with Crippen LogP contribution in [0.3, 0.4) is 0 Å². The maximum atomic E-state index is 12.6. The molecule has 1 saturated heterocycles. The van der Waals surface area contributed by atoms with Crippen molar-refractivity contribution >= 4 is 11.7 Å². The van der Waals surface area contributed by atoms with Gasteiger partial charge in [-0.25, -0.2) is 4.98 Å². The highest BCUT2D eigenvalue weighted by atomic mass is 16.5. The Balaban J connectivity index is 1.29. The van der Waals surface area contributed by atoms with Gasteiger partial charge >= 0.3 is 0 Å². The molecule has 0 bridgehead atoms. The Kier molecular flexibility index (Phi) is 5.83. The highest BCUT2D eigenvalue weighted by molar-refractivity contribution is 5.79. The van der Waals surface area contributed by atoms with Gasteiger partial charge in [0.25, 0.3) is 5.89 Å². The molecule has 9 nitrogen and oxygen atoms in total. The fourth-order valence-corrected chi connectivity index (χ4v) is 3.54. The fourth-order valence-electron chi connectivity index (χ4n) is 3.54. The molecule has 1 atom stereocenters. The summed E-state index contributed by atoms with van der Waals surface area (Å²) in [6, 6.07) is 5.77. The number of carbonyl (C=O) groups is 1. The molecule has 0 aromatic carbocycles. The minimum absolute atomic E-state index is 0.0199. The molecule has 1 aliphatic rings. The van der Waals surface area contributed by atoms with E-state index in [4.69, 9.17) is 4.52 Å². The van der Waals surface area contributed by atoms with Crippen LogP contribution in [0.15, 0.2) is 41.3 Å². The highest BCUT2D eigenvalue weighted by Gasteiger charge is 2.26. The molecule has 29 heavy (non-hydrogen) atoms. The van der Waals surface area contributed by atoms with E-state index < -0.39 is 0 Å². The second kappa shape index (κ2) is 8.85. The van der Waals surface area contributed by atoms with Crippen LogP contribution in [0.5, 0.6) is 0 Å². The number of piperidine rings is 1. The monoisotopic (exact) mass is 395 g/mol. The van der Waals surface area contributed by atoms with Crippen LogP contribution in [0.4, 0.5) is 5.82 Å². The molecule has 1 amide bonds. The van der Waals surface area contributed by atoms with E-state index in [0.717, 1.165) is 43.7 Å². The third-order valence-electron chi connectivity index (χ3n) is 5.06. The first kappa shape index (κ1) is 19.1. The molecule has 9 heteroatoms. The van der Waals surface area contributed by atoms with Gasteiger partial charge in [0, 0.05) is 44.8 Å². The molecule has 0 unspecified atom stereocenters. The Hall–Kier alpha value is -3.23. The number of anilines is 1. The lowest BCUT2D eigenvalue weighted by Crippen LogP contribution is -2.43. The van der Waals surface area contributed by atoms with Crippen molar-refractivity contribution in [3.63, 3.8) is 0 Å². The van der Waals surface area contributed by atoms with Gasteiger partial charge in [0.2, 0.25) is 5.91 Å². The molecule has 0 spiro atoms. The van der Waals surface area contributed by atoms with Crippen molar-refractivity contribution in [3.05, 3.63) is 42.6 Å². The summed E-state index contributed by atoms with van der Waals surface area (Å²) in [7, 11) is 0. The van der Waals surface area contributed by atoms with Crippen molar-refractivity contribution in [1.82, 2.24) is 30.2 Å². The molecule has 152 valence electrons. The number of aryl methyl sites for hydroxylation is 2. The standard InChI is InChI=1S/C20H25N7O2/c1-15-24-20(29-25-15)16-6-7-18(22-13-16)26-10-2-5-17(14-26)19(28)21-8-3-11-27-12-4-9-23-27/h4,6-7,9,12-13,17H,2-3,5,8,10-11,14H2,1H3,(H,21,28)/t17-/m1/s1. The lowest BCUT2D eigenvalue weighted by atomic mass is 9.97. The number of carbonyl (C=O) groups excluding carboxylic acids is 1. The summed E-state index contributed by atoms with van der Waals surface area (Å²) in [6.45, 7) is 4.82. The summed E-state index contributed by atoms with van der Waals surface area (Å²) in [5.74, 6) is 2.02. The minimum atomic E-state index is -0.0199. The average molecular weight is 395 g/mol. The van der Waals surface area contributed by atoms with Gasteiger partial charge in [-0.15, -0.1) is 0 Å². The zero-order chi connectivity index (χ0) is 20.1. The molecule has 4 heterocycles. The maximum Gasteiger partial charge on any atom is 0.259 e. The van der Waals surface area contributed by atoms with Gasteiger partial charge in [-0.05, 0) is 44.4 Å². The van der Waals surface area contributed by atoms with E-state index in [9.17, 15) is 4.79 Å². The predicted molar refractivity (Wildman–Crippen MR) is 107 cm³/mol. The summed E-state index contributed by atoms with van der Waals surface area (Å²) in [5, 5.41) is 11.0. The normalized spacial score (nSPS) is 16.7. The van der Waals surface area contributed by atoms with Crippen LogP contribution in [0.25, 0.3) is 11.5 Å². The van der Waals surface area contributed by atoms with Crippen LogP contribution in [0.1, 0.15) is 25.1 Å².